The number of rotatable bonds is 2. The lowest BCUT2D eigenvalue weighted by atomic mass is 9.81. The summed E-state index contributed by atoms with van der Waals surface area (Å²) in [5, 5.41) is 0. The van der Waals surface area contributed by atoms with Crippen LogP contribution < -0.4 is 0 Å². The third-order valence-corrected chi connectivity index (χ3v) is 10.9. The molecule has 0 spiro atoms. The summed E-state index contributed by atoms with van der Waals surface area (Å²) in [6, 6.07) is 36.3. The SMILES string of the molecule is CC1(C)c2ccccc2-c2ccc(-c3ccc4c(n3)C3=NC(c5ccc6c(c5)C(C)(C)c5ccccc5-6)CC=C3CC4)cc21. The Balaban J connectivity index is 1.10. The summed E-state index contributed by atoms with van der Waals surface area (Å²) in [5.74, 6) is 0. The Morgan fingerprint density at radius 3 is 1.98 bits per heavy atom. The van der Waals surface area contributed by atoms with Gasteiger partial charge in [0.15, 0.2) is 0 Å². The van der Waals surface area contributed by atoms with Crippen LogP contribution in [0.5, 0.6) is 0 Å². The third kappa shape index (κ3) is 3.54. The van der Waals surface area contributed by atoms with Crippen molar-refractivity contribution in [2.45, 2.75) is 63.8 Å². The van der Waals surface area contributed by atoms with Gasteiger partial charge >= 0.3 is 0 Å². The summed E-state index contributed by atoms with van der Waals surface area (Å²) >= 11 is 0. The minimum atomic E-state index is -0.0292. The van der Waals surface area contributed by atoms with Crippen molar-refractivity contribution in [3.05, 3.63) is 148 Å². The summed E-state index contributed by atoms with van der Waals surface area (Å²) < 4.78 is 0. The van der Waals surface area contributed by atoms with Crippen LogP contribution in [0.2, 0.25) is 0 Å². The fourth-order valence-electron chi connectivity index (χ4n) is 8.40. The molecule has 0 bridgehead atoms. The number of aliphatic imine (C=N–C) groups is 1. The predicted molar refractivity (Wildman–Crippen MR) is 182 cm³/mol. The number of nitrogens with zero attached hydrogens (tertiary/aromatic N) is 2. The van der Waals surface area contributed by atoms with Crippen molar-refractivity contribution in [2.24, 2.45) is 4.99 Å². The van der Waals surface area contributed by atoms with Crippen LogP contribution >= 0.6 is 0 Å². The minimum Gasteiger partial charge on any atom is -0.274 e. The molecule has 0 amide bonds. The van der Waals surface area contributed by atoms with E-state index in [1.807, 2.05) is 0 Å². The van der Waals surface area contributed by atoms with Gasteiger partial charge in [0.05, 0.1) is 23.1 Å². The Labute approximate surface area is 260 Å². The fourth-order valence-corrected chi connectivity index (χ4v) is 8.40. The second-order valence-corrected chi connectivity index (χ2v) is 14.1. The van der Waals surface area contributed by atoms with Gasteiger partial charge in [-0.3, -0.25) is 4.99 Å². The van der Waals surface area contributed by atoms with Crippen molar-refractivity contribution in [3.8, 4) is 33.5 Å². The molecule has 0 radical (unpaired) electrons. The molecule has 1 unspecified atom stereocenters. The molecule has 0 saturated carbocycles. The Hall–Kier alpha value is -4.56. The van der Waals surface area contributed by atoms with Crippen LogP contribution in [0.15, 0.2) is 114 Å². The van der Waals surface area contributed by atoms with Gasteiger partial charge in [0.1, 0.15) is 0 Å². The number of hydrogen-bond donors (Lipinski definition) is 0. The van der Waals surface area contributed by atoms with E-state index in [1.165, 1.54) is 66.8 Å². The van der Waals surface area contributed by atoms with Crippen LogP contribution in [0, 0.1) is 0 Å². The number of benzene rings is 4. The molecule has 2 nitrogen and oxygen atoms in total. The predicted octanol–water partition coefficient (Wildman–Crippen LogP) is 10.2. The van der Waals surface area contributed by atoms with Gasteiger partial charge in [-0.2, -0.15) is 0 Å². The third-order valence-electron chi connectivity index (χ3n) is 10.9. The highest BCUT2D eigenvalue weighted by molar-refractivity contribution is 6.14. The normalized spacial score (nSPS) is 19.5. The van der Waals surface area contributed by atoms with Gasteiger partial charge in [-0.25, -0.2) is 4.98 Å². The highest BCUT2D eigenvalue weighted by atomic mass is 14.9. The molecule has 3 aliphatic carbocycles. The molecule has 1 aliphatic heterocycles. The number of pyridine rings is 1. The van der Waals surface area contributed by atoms with Crippen molar-refractivity contribution in [2.75, 3.05) is 0 Å². The average molecular weight is 569 g/mol. The van der Waals surface area contributed by atoms with E-state index in [1.54, 1.807) is 0 Å². The van der Waals surface area contributed by atoms with E-state index in [0.717, 1.165) is 36.4 Å². The zero-order valence-corrected chi connectivity index (χ0v) is 25.9. The Bertz CT molecular complexity index is 2100. The molecule has 214 valence electrons. The van der Waals surface area contributed by atoms with Crippen molar-refractivity contribution in [3.63, 3.8) is 0 Å². The van der Waals surface area contributed by atoms with E-state index >= 15 is 0 Å². The lowest BCUT2D eigenvalue weighted by molar-refractivity contribution is 0.654. The number of hydrogen-bond acceptors (Lipinski definition) is 2. The Morgan fingerprint density at radius 2 is 1.25 bits per heavy atom. The highest BCUT2D eigenvalue weighted by Crippen LogP contribution is 2.51. The van der Waals surface area contributed by atoms with Gasteiger partial charge in [0.25, 0.3) is 0 Å². The van der Waals surface area contributed by atoms with Crippen LogP contribution in [0.25, 0.3) is 33.5 Å². The summed E-state index contributed by atoms with van der Waals surface area (Å²) in [6.45, 7) is 9.39. The smallest absolute Gasteiger partial charge is 0.0924 e. The van der Waals surface area contributed by atoms with Crippen molar-refractivity contribution < 1.29 is 0 Å². The Kier molecular flexibility index (Phi) is 5.29. The second-order valence-electron chi connectivity index (χ2n) is 14.1. The van der Waals surface area contributed by atoms with E-state index in [-0.39, 0.29) is 16.9 Å². The summed E-state index contributed by atoms with van der Waals surface area (Å²) in [4.78, 5) is 10.8. The first kappa shape index (κ1) is 25.9. The van der Waals surface area contributed by atoms with Crippen molar-refractivity contribution in [1.82, 2.24) is 4.98 Å². The van der Waals surface area contributed by atoms with Crippen LogP contribution in [0.4, 0.5) is 0 Å². The highest BCUT2D eigenvalue weighted by Gasteiger charge is 2.37. The number of dihydropyridines is 1. The molecule has 2 heteroatoms. The molecule has 4 aliphatic rings. The first-order valence-electron chi connectivity index (χ1n) is 16.1. The largest absolute Gasteiger partial charge is 0.274 e. The maximum atomic E-state index is 5.47. The molecule has 0 saturated heterocycles. The van der Waals surface area contributed by atoms with Crippen molar-refractivity contribution >= 4 is 5.71 Å². The maximum absolute atomic E-state index is 5.47. The molecule has 9 rings (SSSR count). The number of aromatic nitrogens is 1. The Morgan fingerprint density at radius 1 is 0.614 bits per heavy atom. The van der Waals surface area contributed by atoms with Gasteiger partial charge in [0.2, 0.25) is 0 Å². The topological polar surface area (TPSA) is 25.2 Å². The lowest BCUT2D eigenvalue weighted by Gasteiger charge is -2.28. The summed E-state index contributed by atoms with van der Waals surface area (Å²) in [7, 11) is 0. The average Bonchev–Trinajstić information content (AvgIpc) is 3.43. The molecule has 1 atom stereocenters. The minimum absolute atomic E-state index is 0.00949. The summed E-state index contributed by atoms with van der Waals surface area (Å²) in [5.41, 5.74) is 19.4. The zero-order chi connectivity index (χ0) is 29.8. The van der Waals surface area contributed by atoms with Crippen LogP contribution in [-0.2, 0) is 17.3 Å². The van der Waals surface area contributed by atoms with E-state index in [0.29, 0.717) is 0 Å². The van der Waals surface area contributed by atoms with E-state index in [9.17, 15) is 0 Å². The van der Waals surface area contributed by atoms with Crippen molar-refractivity contribution in [1.29, 1.82) is 0 Å². The number of fused-ring (bicyclic) bond motifs is 9. The van der Waals surface area contributed by atoms with E-state index in [2.05, 4.69) is 131 Å². The molecule has 5 aromatic rings. The number of allylic oxidation sites excluding steroid dienone is 1. The lowest BCUT2D eigenvalue weighted by Crippen LogP contribution is -2.21. The molecule has 44 heavy (non-hydrogen) atoms. The standard InChI is InChI=1S/C42H36N2/c1-41(2)33-11-7-5-9-29(33)31-19-15-27(23-35(31)41)37-21-17-25-13-14-26-18-22-38(44-40(26)39(25)43-37)28-16-20-32-30-10-6-8-12-34(30)42(3,4)36(32)24-28/h5-12,15-21,23-24,38H,13-14,22H2,1-4H3. The monoisotopic (exact) mass is 568 g/mol. The van der Waals surface area contributed by atoms with Gasteiger partial charge in [0, 0.05) is 16.4 Å². The first-order chi connectivity index (χ1) is 21.3. The molecular formula is C42H36N2. The molecule has 1 aromatic heterocycles. The van der Waals surface area contributed by atoms with Crippen LogP contribution in [0.1, 0.15) is 85.7 Å². The van der Waals surface area contributed by atoms with E-state index in [4.69, 9.17) is 9.98 Å². The van der Waals surface area contributed by atoms with E-state index < -0.39 is 0 Å². The molecule has 0 N–H and O–H groups in total. The summed E-state index contributed by atoms with van der Waals surface area (Å²) in [6.07, 6.45) is 5.44. The number of aryl methyl sites for hydroxylation is 1. The fraction of sp³-hybridized carbons (Fsp3) is 0.238. The van der Waals surface area contributed by atoms with Gasteiger partial charge in [-0.15, -0.1) is 0 Å². The quantitative estimate of drug-likeness (QED) is 0.208. The van der Waals surface area contributed by atoms with Gasteiger partial charge < -0.3 is 0 Å². The first-order valence-corrected chi connectivity index (χ1v) is 16.1. The molecule has 4 aromatic carbocycles. The van der Waals surface area contributed by atoms with Gasteiger partial charge in [-0.1, -0.05) is 119 Å². The van der Waals surface area contributed by atoms with Crippen LogP contribution in [0.3, 0.4) is 0 Å². The van der Waals surface area contributed by atoms with Gasteiger partial charge in [-0.05, 0) is 92.6 Å². The molecule has 0 fully saturated rings. The molecule has 2 heterocycles. The zero-order valence-electron chi connectivity index (χ0n) is 25.9. The maximum Gasteiger partial charge on any atom is 0.0924 e. The van der Waals surface area contributed by atoms with Crippen LogP contribution in [-0.4, -0.2) is 10.7 Å². The molecular weight excluding hydrogens is 532 g/mol. The second kappa shape index (κ2) is 8.99.